The maximum absolute atomic E-state index is 4.71. The molecule has 0 aliphatic heterocycles. The average Bonchev–Trinajstić information content (AvgIpc) is 2.55. The van der Waals surface area contributed by atoms with E-state index in [1.807, 2.05) is 0 Å². The van der Waals surface area contributed by atoms with Gasteiger partial charge in [-0.1, -0.05) is 17.7 Å². The summed E-state index contributed by atoms with van der Waals surface area (Å²) < 4.78 is 2.13. The second-order valence-electron chi connectivity index (χ2n) is 5.86. The van der Waals surface area contributed by atoms with Gasteiger partial charge in [0.05, 0.1) is 5.69 Å². The topological polar surface area (TPSA) is 17.8 Å². The van der Waals surface area contributed by atoms with Gasteiger partial charge < -0.3 is 0 Å². The molecule has 0 unspecified atom stereocenters. The molecule has 0 saturated heterocycles. The van der Waals surface area contributed by atoms with Gasteiger partial charge in [0.25, 0.3) is 0 Å². The summed E-state index contributed by atoms with van der Waals surface area (Å²) in [6, 6.07) is 4.92. The second-order valence-corrected chi connectivity index (χ2v) is 5.86. The van der Waals surface area contributed by atoms with Crippen molar-refractivity contribution in [2.45, 2.75) is 54.5 Å². The van der Waals surface area contributed by atoms with Crippen molar-refractivity contribution in [1.29, 1.82) is 0 Å². The Morgan fingerprint density at radius 3 is 1.80 bits per heavy atom. The molecule has 1 heterocycles. The fraction of sp³-hybridized carbons (Fsp3) is 0.471. The van der Waals surface area contributed by atoms with Gasteiger partial charge in [-0.15, -0.1) is 0 Å². The Bertz CT molecular complexity index is 601. The van der Waals surface area contributed by atoms with Crippen LogP contribution in [-0.4, -0.2) is 9.78 Å². The van der Waals surface area contributed by atoms with Crippen LogP contribution in [0.15, 0.2) is 12.1 Å². The molecule has 0 saturated carbocycles. The number of aromatic nitrogens is 2. The molecule has 0 spiro atoms. The van der Waals surface area contributed by atoms with Gasteiger partial charge in [-0.05, 0) is 65.2 Å². The fourth-order valence-electron chi connectivity index (χ4n) is 3.10. The fourth-order valence-corrected chi connectivity index (χ4v) is 3.10. The van der Waals surface area contributed by atoms with Crippen LogP contribution in [0.1, 0.15) is 48.0 Å². The summed E-state index contributed by atoms with van der Waals surface area (Å²) in [7, 11) is 0. The molecule has 1 aromatic heterocycles. The van der Waals surface area contributed by atoms with Crippen LogP contribution >= 0.6 is 0 Å². The average molecular weight is 451 g/mol. The maximum atomic E-state index is 4.71. The van der Waals surface area contributed by atoms with Crippen molar-refractivity contribution in [2.75, 3.05) is 0 Å². The summed E-state index contributed by atoms with van der Waals surface area (Å²) in [5.74, 6) is 0. The van der Waals surface area contributed by atoms with Crippen LogP contribution in [0.25, 0.3) is 11.1 Å². The van der Waals surface area contributed by atoms with Crippen LogP contribution < -0.4 is 0 Å². The number of hydrogen-bond acceptors (Lipinski definition) is 1. The molecule has 0 radical (unpaired) electrons. The quantitative estimate of drug-likeness (QED) is 0.649. The van der Waals surface area contributed by atoms with E-state index >= 15 is 0 Å². The summed E-state index contributed by atoms with van der Waals surface area (Å²) >= 11 is 0. The second kappa shape index (κ2) is 6.26. The van der Waals surface area contributed by atoms with Gasteiger partial charge in [0.1, 0.15) is 0 Å². The van der Waals surface area contributed by atoms with Gasteiger partial charge in [-0.25, -0.2) is 0 Å². The summed E-state index contributed by atoms with van der Waals surface area (Å²) in [6.07, 6.45) is 0. The Morgan fingerprint density at radius 1 is 0.900 bits per heavy atom. The molecule has 0 aliphatic rings. The molecule has 0 fully saturated rings. The first-order chi connectivity index (χ1) is 8.82. The number of aryl methyl sites for hydroxylation is 4. The zero-order chi connectivity index (χ0) is 14.3. The molecular formula is C17H24N2Pt. The van der Waals surface area contributed by atoms with Crippen LogP contribution in [0.3, 0.4) is 0 Å². The van der Waals surface area contributed by atoms with Gasteiger partial charge in [0.2, 0.25) is 0 Å². The van der Waals surface area contributed by atoms with Crippen LogP contribution in [0.4, 0.5) is 0 Å². The zero-order valence-corrected chi connectivity index (χ0v) is 15.7. The van der Waals surface area contributed by atoms with E-state index in [0.717, 1.165) is 5.69 Å². The molecule has 2 aromatic rings. The Labute approximate surface area is 136 Å². The third kappa shape index (κ3) is 2.91. The molecule has 3 heteroatoms. The summed E-state index contributed by atoms with van der Waals surface area (Å²) in [5, 5.41) is 4.71. The van der Waals surface area contributed by atoms with Crippen molar-refractivity contribution in [3.8, 4) is 11.1 Å². The minimum Gasteiger partial charge on any atom is -0.266 e. The van der Waals surface area contributed by atoms with E-state index in [1.54, 1.807) is 0 Å². The number of nitrogens with zero attached hydrogens (tertiary/aromatic N) is 2. The Hall–Kier alpha value is -0.882. The van der Waals surface area contributed by atoms with Gasteiger partial charge in [0.15, 0.2) is 0 Å². The normalized spacial score (nSPS) is 10.8. The smallest absolute Gasteiger partial charge is 0.0675 e. The van der Waals surface area contributed by atoms with E-state index in [9.17, 15) is 0 Å². The summed E-state index contributed by atoms with van der Waals surface area (Å²) in [5.41, 5.74) is 9.06. The molecular weight excluding hydrogens is 427 g/mol. The van der Waals surface area contributed by atoms with E-state index < -0.39 is 0 Å². The monoisotopic (exact) mass is 451 g/mol. The van der Waals surface area contributed by atoms with Gasteiger partial charge in [0, 0.05) is 38.4 Å². The molecule has 112 valence electrons. The minimum atomic E-state index is 0. The van der Waals surface area contributed by atoms with Crippen molar-refractivity contribution in [2.24, 2.45) is 0 Å². The molecule has 1 aromatic carbocycles. The summed E-state index contributed by atoms with van der Waals surface area (Å²) in [4.78, 5) is 0. The van der Waals surface area contributed by atoms with Crippen molar-refractivity contribution < 1.29 is 21.1 Å². The van der Waals surface area contributed by atoms with Gasteiger partial charge >= 0.3 is 0 Å². The molecule has 0 atom stereocenters. The first-order valence-electron chi connectivity index (χ1n) is 6.96. The van der Waals surface area contributed by atoms with Gasteiger partial charge in [-0.2, -0.15) is 5.10 Å². The molecule has 0 aliphatic carbocycles. The Morgan fingerprint density at radius 2 is 1.40 bits per heavy atom. The van der Waals surface area contributed by atoms with E-state index in [0.29, 0.717) is 6.04 Å². The maximum Gasteiger partial charge on any atom is 0.0675 e. The number of benzene rings is 1. The molecule has 2 nitrogen and oxygen atoms in total. The van der Waals surface area contributed by atoms with Gasteiger partial charge in [-0.3, -0.25) is 4.68 Å². The van der Waals surface area contributed by atoms with E-state index in [2.05, 4.69) is 65.3 Å². The van der Waals surface area contributed by atoms with Crippen LogP contribution in [0.5, 0.6) is 0 Å². The SMILES string of the molecule is Cc1cc(C)c(-c2c(C)nn(C(C)C)c2C)c(C)c1.[Pt]. The molecule has 2 rings (SSSR count). The Balaban J connectivity index is 0.00000200. The molecule has 20 heavy (non-hydrogen) atoms. The molecule has 0 amide bonds. The first kappa shape index (κ1) is 17.2. The van der Waals surface area contributed by atoms with Crippen molar-refractivity contribution in [1.82, 2.24) is 9.78 Å². The Kier molecular flexibility index (Phi) is 5.38. The molecule has 0 N–H and O–H groups in total. The predicted octanol–water partition coefficient (Wildman–Crippen LogP) is 4.67. The zero-order valence-electron chi connectivity index (χ0n) is 13.4. The van der Waals surface area contributed by atoms with Crippen molar-refractivity contribution in [3.63, 3.8) is 0 Å². The standard InChI is InChI=1S/C17H24N2.Pt/c1-10(2)19-15(7)17(14(6)18-19)16-12(4)8-11(3)9-13(16)5;/h8-10H,1-7H3;. The first-order valence-corrected chi connectivity index (χ1v) is 6.96. The summed E-state index contributed by atoms with van der Waals surface area (Å²) in [6.45, 7) is 15.2. The van der Waals surface area contributed by atoms with E-state index in [-0.39, 0.29) is 21.1 Å². The van der Waals surface area contributed by atoms with E-state index in [1.165, 1.54) is 33.5 Å². The molecule has 0 bridgehead atoms. The third-order valence-electron chi connectivity index (χ3n) is 3.74. The predicted molar refractivity (Wildman–Crippen MR) is 81.7 cm³/mol. The minimum absolute atomic E-state index is 0. The van der Waals surface area contributed by atoms with Crippen LogP contribution in [0.2, 0.25) is 0 Å². The number of rotatable bonds is 2. The van der Waals surface area contributed by atoms with Crippen LogP contribution in [-0.2, 0) is 21.1 Å². The van der Waals surface area contributed by atoms with E-state index in [4.69, 9.17) is 5.10 Å². The third-order valence-corrected chi connectivity index (χ3v) is 3.74. The largest absolute Gasteiger partial charge is 0.266 e. The number of hydrogen-bond donors (Lipinski definition) is 0. The van der Waals surface area contributed by atoms with Crippen molar-refractivity contribution >= 4 is 0 Å². The van der Waals surface area contributed by atoms with Crippen molar-refractivity contribution in [3.05, 3.63) is 40.2 Å². The van der Waals surface area contributed by atoms with Crippen LogP contribution in [0, 0.1) is 34.6 Å².